The molecule has 0 saturated heterocycles. The lowest BCUT2D eigenvalue weighted by Crippen LogP contribution is -2.42. The highest BCUT2D eigenvalue weighted by molar-refractivity contribution is 7.97. The summed E-state index contributed by atoms with van der Waals surface area (Å²) in [7, 11) is 0. The van der Waals surface area contributed by atoms with Crippen molar-refractivity contribution >= 4 is 11.9 Å². The molecule has 1 aromatic heterocycles. The maximum Gasteiger partial charge on any atom is 0.0696 e. The summed E-state index contributed by atoms with van der Waals surface area (Å²) >= 11 is 1.66. The molecule has 0 radical (unpaired) electrons. The third-order valence-electron chi connectivity index (χ3n) is 7.94. The molecule has 0 saturated carbocycles. The van der Waals surface area contributed by atoms with Gasteiger partial charge in [0.25, 0.3) is 0 Å². The molecule has 1 atom stereocenters. The zero-order valence-electron chi connectivity index (χ0n) is 25.0. The molecule has 0 amide bonds. The predicted molar refractivity (Wildman–Crippen MR) is 165 cm³/mol. The number of aryl methyl sites for hydroxylation is 2. The Morgan fingerprint density at radius 3 is 2.26 bits per heavy atom. The van der Waals surface area contributed by atoms with Gasteiger partial charge in [0.1, 0.15) is 0 Å². The molecule has 1 unspecified atom stereocenters. The van der Waals surface area contributed by atoms with E-state index >= 15 is 0 Å². The molecule has 5 rings (SSSR count). The van der Waals surface area contributed by atoms with Crippen molar-refractivity contribution < 1.29 is 0 Å². The van der Waals surface area contributed by atoms with Crippen LogP contribution in [0.15, 0.2) is 29.1 Å². The van der Waals surface area contributed by atoms with E-state index in [0.717, 1.165) is 25.1 Å². The van der Waals surface area contributed by atoms with Crippen molar-refractivity contribution in [3.05, 3.63) is 57.7 Å². The second-order valence-corrected chi connectivity index (χ2v) is 11.2. The summed E-state index contributed by atoms with van der Waals surface area (Å²) in [5.41, 5.74) is 16.8. The van der Waals surface area contributed by atoms with Crippen LogP contribution in [0.1, 0.15) is 107 Å². The zero-order chi connectivity index (χ0) is 27.5. The van der Waals surface area contributed by atoms with Gasteiger partial charge in [0, 0.05) is 24.4 Å². The van der Waals surface area contributed by atoms with E-state index in [4.69, 9.17) is 10.8 Å². The Morgan fingerprint density at radius 2 is 1.66 bits per heavy atom. The lowest BCUT2D eigenvalue weighted by molar-refractivity contribution is 0.151. The molecule has 0 spiro atoms. The number of hydrogen-bond donors (Lipinski definition) is 2. The Kier molecular flexibility index (Phi) is 12.6. The average molecular weight is 540 g/mol. The Hall–Kier alpha value is -1.92. The molecule has 0 fully saturated rings. The number of nitrogens with zero attached hydrogens (tertiary/aromatic N) is 3. The fourth-order valence-electron chi connectivity index (χ4n) is 6.40. The van der Waals surface area contributed by atoms with E-state index in [2.05, 4.69) is 34.2 Å². The van der Waals surface area contributed by atoms with Gasteiger partial charge in [-0.1, -0.05) is 47.6 Å². The molecule has 5 nitrogen and oxygen atoms in total. The Balaban J connectivity index is 0.000000956. The lowest BCUT2D eigenvalue weighted by atomic mass is 9.91. The van der Waals surface area contributed by atoms with Crippen LogP contribution in [0.3, 0.4) is 0 Å². The number of fused-ring (bicyclic) bond motifs is 3. The number of rotatable bonds is 10. The molecule has 2 heterocycles. The van der Waals surface area contributed by atoms with Crippen molar-refractivity contribution in [1.82, 2.24) is 19.4 Å². The van der Waals surface area contributed by atoms with Crippen LogP contribution in [-0.4, -0.2) is 33.8 Å². The molecular weight excluding hydrogens is 486 g/mol. The van der Waals surface area contributed by atoms with Gasteiger partial charge in [0.15, 0.2) is 0 Å². The molecule has 212 valence electrons. The van der Waals surface area contributed by atoms with Crippen LogP contribution in [0.25, 0.3) is 0 Å². The van der Waals surface area contributed by atoms with Gasteiger partial charge < -0.3 is 10.5 Å². The van der Waals surface area contributed by atoms with E-state index in [0.29, 0.717) is 6.04 Å². The van der Waals surface area contributed by atoms with Crippen LogP contribution >= 0.6 is 11.9 Å². The third kappa shape index (κ3) is 7.18. The summed E-state index contributed by atoms with van der Waals surface area (Å²) in [5.74, 6) is 0. The molecule has 6 heteroatoms. The van der Waals surface area contributed by atoms with Crippen molar-refractivity contribution in [2.45, 2.75) is 130 Å². The molecular formula is C32H53N5S. The number of allylic oxidation sites excluding steroid dienone is 1. The van der Waals surface area contributed by atoms with Crippen LogP contribution in [0.5, 0.6) is 0 Å². The molecule has 3 aliphatic rings. The van der Waals surface area contributed by atoms with E-state index in [9.17, 15) is 0 Å². The average Bonchev–Trinajstić information content (AvgIpc) is 3.70. The smallest absolute Gasteiger partial charge is 0.0696 e. The minimum atomic E-state index is 0.614. The first-order chi connectivity index (χ1) is 18.7. The Bertz CT molecular complexity index is 1000. The topological polar surface area (TPSA) is 59.1 Å². The fraction of sp³-hybridized carbons (Fsp3) is 0.656. The van der Waals surface area contributed by atoms with Crippen LogP contribution in [0, 0.1) is 0 Å². The molecule has 0 bridgehead atoms. The second-order valence-electron chi connectivity index (χ2n) is 10.3. The van der Waals surface area contributed by atoms with Crippen molar-refractivity contribution in [2.24, 2.45) is 5.73 Å². The van der Waals surface area contributed by atoms with Crippen molar-refractivity contribution in [1.29, 1.82) is 0 Å². The first kappa shape index (κ1) is 30.6. The van der Waals surface area contributed by atoms with E-state index in [1.807, 2.05) is 40.1 Å². The van der Waals surface area contributed by atoms with Gasteiger partial charge in [0.05, 0.1) is 23.3 Å². The molecule has 1 aliphatic heterocycles. The molecule has 2 aromatic rings. The van der Waals surface area contributed by atoms with Crippen LogP contribution < -0.4 is 10.5 Å². The highest BCUT2D eigenvalue weighted by Gasteiger charge is 2.26. The first-order valence-corrected chi connectivity index (χ1v) is 16.3. The van der Waals surface area contributed by atoms with E-state index in [1.54, 1.807) is 39.8 Å². The van der Waals surface area contributed by atoms with Crippen molar-refractivity contribution in [3.8, 4) is 0 Å². The Labute approximate surface area is 237 Å². The van der Waals surface area contributed by atoms with E-state index in [1.165, 1.54) is 81.5 Å². The standard InChI is InChI=1S/C28H41N5S.2C2H6/c1-3-13-32(14-4-2)23-11-12-27-28(18-30-33(27)19-23)34-31-17-22(29)16-26-24-9-5-7-20(24)15-21-8-6-10-25(21)26;2*1-2/h15,17-18,23,31H,3-14,16,19,29H2,1-2H3;2*1-2H3/b22-17-;;. The normalized spacial score (nSPS) is 17.7. The van der Waals surface area contributed by atoms with Gasteiger partial charge in [-0.25, -0.2) is 0 Å². The summed E-state index contributed by atoms with van der Waals surface area (Å²) in [6.45, 7) is 16.0. The van der Waals surface area contributed by atoms with Crippen molar-refractivity contribution in [2.75, 3.05) is 13.1 Å². The van der Waals surface area contributed by atoms with Crippen LogP contribution in [0.2, 0.25) is 0 Å². The van der Waals surface area contributed by atoms with Gasteiger partial charge in [-0.2, -0.15) is 5.10 Å². The van der Waals surface area contributed by atoms with Gasteiger partial charge in [0.2, 0.25) is 0 Å². The quantitative estimate of drug-likeness (QED) is 0.319. The molecule has 3 N–H and O–H groups in total. The van der Waals surface area contributed by atoms with Gasteiger partial charge in [-0.3, -0.25) is 9.58 Å². The van der Waals surface area contributed by atoms with E-state index in [-0.39, 0.29) is 0 Å². The minimum absolute atomic E-state index is 0.614. The number of benzene rings is 1. The predicted octanol–water partition coefficient (Wildman–Crippen LogP) is 6.99. The highest BCUT2D eigenvalue weighted by Crippen LogP contribution is 2.36. The maximum absolute atomic E-state index is 6.54. The minimum Gasteiger partial charge on any atom is -0.401 e. The van der Waals surface area contributed by atoms with Gasteiger partial charge in [-0.15, -0.1) is 0 Å². The summed E-state index contributed by atoms with van der Waals surface area (Å²) in [6.07, 6.45) is 17.2. The number of aromatic nitrogens is 2. The monoisotopic (exact) mass is 539 g/mol. The summed E-state index contributed by atoms with van der Waals surface area (Å²) in [4.78, 5) is 3.90. The summed E-state index contributed by atoms with van der Waals surface area (Å²) in [6, 6.07) is 3.11. The SMILES string of the molecule is CC.CC.CCCN(CCC)C1CCc2c(SN/C=C(\N)Cc3c4c(cc5c3CCC5)CCC4)cnn2C1. The molecule has 1 aromatic carbocycles. The number of nitrogens with one attached hydrogen (secondary N) is 1. The Morgan fingerprint density at radius 1 is 1.03 bits per heavy atom. The maximum atomic E-state index is 6.54. The zero-order valence-corrected chi connectivity index (χ0v) is 25.9. The summed E-state index contributed by atoms with van der Waals surface area (Å²) < 4.78 is 5.67. The van der Waals surface area contributed by atoms with Crippen LogP contribution in [0.4, 0.5) is 0 Å². The highest BCUT2D eigenvalue weighted by atomic mass is 32.2. The second kappa shape index (κ2) is 15.6. The largest absolute Gasteiger partial charge is 0.401 e. The number of hydrogen-bond acceptors (Lipinski definition) is 5. The lowest BCUT2D eigenvalue weighted by Gasteiger charge is -2.34. The van der Waals surface area contributed by atoms with E-state index < -0.39 is 0 Å². The first-order valence-electron chi connectivity index (χ1n) is 15.5. The molecule has 2 aliphatic carbocycles. The fourth-order valence-corrected chi connectivity index (χ4v) is 7.17. The number of nitrogens with two attached hydrogens (primary N) is 1. The van der Waals surface area contributed by atoms with Crippen LogP contribution in [-0.2, 0) is 45.1 Å². The van der Waals surface area contributed by atoms with Crippen molar-refractivity contribution in [3.63, 3.8) is 0 Å². The third-order valence-corrected chi connectivity index (χ3v) is 8.74. The molecule has 38 heavy (non-hydrogen) atoms. The van der Waals surface area contributed by atoms with Gasteiger partial charge in [-0.05, 0) is 117 Å². The van der Waals surface area contributed by atoms with Gasteiger partial charge >= 0.3 is 0 Å². The summed E-state index contributed by atoms with van der Waals surface area (Å²) in [5, 5.41) is 4.73.